The summed E-state index contributed by atoms with van der Waals surface area (Å²) < 4.78 is 1.58. The molecule has 1 aliphatic rings. The Balaban J connectivity index is 1.64. The number of rotatable bonds is 5. The summed E-state index contributed by atoms with van der Waals surface area (Å²) in [5, 5.41) is 10.1. The van der Waals surface area contributed by atoms with Crippen LogP contribution in [0.5, 0.6) is 0 Å². The number of thiophene rings is 1. The molecule has 0 spiro atoms. The molecule has 3 heterocycles. The molecule has 1 saturated heterocycles. The van der Waals surface area contributed by atoms with E-state index in [-0.39, 0.29) is 23.4 Å². The molecule has 4 aromatic rings. The maximum atomic E-state index is 13.5. The molecule has 1 atom stereocenters. The highest BCUT2D eigenvalue weighted by atomic mass is 32.1. The number of nitrogens with zero attached hydrogens (tertiary/aromatic N) is 1. The van der Waals surface area contributed by atoms with E-state index in [1.165, 1.54) is 17.4 Å². The third-order valence-corrected chi connectivity index (χ3v) is 6.75. The van der Waals surface area contributed by atoms with Crippen LogP contribution in [-0.4, -0.2) is 35.5 Å². The number of benzene rings is 2. The summed E-state index contributed by atoms with van der Waals surface area (Å²) in [5.41, 5.74) is 1.38. The first-order valence-corrected chi connectivity index (χ1v) is 11.6. The van der Waals surface area contributed by atoms with Gasteiger partial charge in [-0.1, -0.05) is 59.9 Å². The average Bonchev–Trinajstić information content (AvgIpc) is 3.47. The topological polar surface area (TPSA) is 92.2 Å². The molecule has 3 N–H and O–H groups in total. The molecule has 2 amide bonds. The lowest BCUT2D eigenvalue weighted by atomic mass is 10.0. The maximum absolute atomic E-state index is 13.5. The van der Waals surface area contributed by atoms with Gasteiger partial charge in [0.15, 0.2) is 5.78 Å². The first-order valence-electron chi connectivity index (χ1n) is 10.7. The number of ketones is 1. The highest BCUT2D eigenvalue weighted by Gasteiger charge is 2.25. The van der Waals surface area contributed by atoms with Crippen molar-refractivity contribution in [1.29, 1.82) is 0 Å². The number of para-hydroxylation sites is 1. The van der Waals surface area contributed by atoms with Crippen LogP contribution in [0.1, 0.15) is 22.3 Å². The fraction of sp³-hybridized carbons (Fsp3) is 0.160. The Hall–Kier alpha value is -3.75. The zero-order valence-electron chi connectivity index (χ0n) is 17.7. The molecular formula is C25H22N4O3S. The molecule has 166 valence electrons. The lowest BCUT2D eigenvalue weighted by Crippen LogP contribution is -2.39. The van der Waals surface area contributed by atoms with Gasteiger partial charge in [0, 0.05) is 29.6 Å². The highest BCUT2D eigenvalue weighted by Crippen LogP contribution is 2.37. The Morgan fingerprint density at radius 3 is 2.39 bits per heavy atom. The number of hydrogen-bond donors (Lipinski definition) is 3. The largest absolute Gasteiger partial charge is 0.334 e. The molecule has 5 rings (SSSR count). The molecule has 0 aliphatic carbocycles. The van der Waals surface area contributed by atoms with Crippen molar-refractivity contribution in [2.75, 3.05) is 18.4 Å². The van der Waals surface area contributed by atoms with Crippen LogP contribution in [0.3, 0.4) is 0 Å². The van der Waals surface area contributed by atoms with Gasteiger partial charge in [0.1, 0.15) is 9.83 Å². The van der Waals surface area contributed by atoms with Crippen LogP contribution < -0.4 is 21.5 Å². The number of carbonyl (C=O) groups is 2. The van der Waals surface area contributed by atoms with Crippen molar-refractivity contribution in [2.45, 2.75) is 12.5 Å². The molecule has 2 aromatic carbocycles. The number of nitrogens with one attached hydrogen (secondary N) is 3. The number of amides is 2. The second kappa shape index (κ2) is 9.01. The van der Waals surface area contributed by atoms with Gasteiger partial charge in [-0.25, -0.2) is 4.79 Å². The summed E-state index contributed by atoms with van der Waals surface area (Å²) in [6, 6.07) is 21.0. The van der Waals surface area contributed by atoms with E-state index >= 15 is 0 Å². The quantitative estimate of drug-likeness (QED) is 0.397. The fourth-order valence-corrected chi connectivity index (χ4v) is 5.26. The van der Waals surface area contributed by atoms with E-state index in [0.29, 0.717) is 38.6 Å². The summed E-state index contributed by atoms with van der Waals surface area (Å²) in [6.07, 6.45) is 0.850. The van der Waals surface area contributed by atoms with Gasteiger partial charge in [0.25, 0.3) is 5.56 Å². The van der Waals surface area contributed by atoms with Crippen LogP contribution in [0, 0.1) is 0 Å². The standard InChI is InChI=1S/C25H22N4O3S/c30-20-12-11-19-21(22(31)16-7-3-1-4-8-16)23(28-25(32)27-17-13-14-26-15-17)33-24(19)29(20)18-9-5-2-6-10-18/h1-12,17,26H,13-15H2,(H2,27,28,32). The molecule has 1 unspecified atom stereocenters. The zero-order valence-corrected chi connectivity index (χ0v) is 18.5. The minimum Gasteiger partial charge on any atom is -0.334 e. The van der Waals surface area contributed by atoms with Crippen molar-refractivity contribution in [3.63, 3.8) is 0 Å². The fourth-order valence-electron chi connectivity index (χ4n) is 4.05. The van der Waals surface area contributed by atoms with Gasteiger partial charge < -0.3 is 10.6 Å². The number of carbonyl (C=O) groups excluding carboxylic acids is 2. The van der Waals surface area contributed by atoms with E-state index in [2.05, 4.69) is 16.0 Å². The van der Waals surface area contributed by atoms with Gasteiger partial charge in [-0.3, -0.25) is 19.5 Å². The monoisotopic (exact) mass is 458 g/mol. The van der Waals surface area contributed by atoms with Gasteiger partial charge in [-0.15, -0.1) is 0 Å². The Morgan fingerprint density at radius 2 is 1.70 bits per heavy atom. The lowest BCUT2D eigenvalue weighted by Gasteiger charge is -2.12. The number of anilines is 1. The Bertz CT molecular complexity index is 1370. The van der Waals surface area contributed by atoms with Crippen LogP contribution in [0.25, 0.3) is 15.9 Å². The summed E-state index contributed by atoms with van der Waals surface area (Å²) in [7, 11) is 0. The average molecular weight is 459 g/mol. The van der Waals surface area contributed by atoms with Crippen LogP contribution in [0.4, 0.5) is 9.80 Å². The number of hydrogen-bond acceptors (Lipinski definition) is 5. The van der Waals surface area contributed by atoms with E-state index < -0.39 is 0 Å². The van der Waals surface area contributed by atoms with Crippen molar-refractivity contribution in [1.82, 2.24) is 15.2 Å². The van der Waals surface area contributed by atoms with Crippen molar-refractivity contribution in [2.24, 2.45) is 0 Å². The normalized spacial score (nSPS) is 15.5. The van der Waals surface area contributed by atoms with Gasteiger partial charge in [0.05, 0.1) is 11.3 Å². The molecule has 0 saturated carbocycles. The second-order valence-electron chi connectivity index (χ2n) is 7.85. The van der Waals surface area contributed by atoms with E-state index in [4.69, 9.17) is 0 Å². The number of fused-ring (bicyclic) bond motifs is 1. The van der Waals surface area contributed by atoms with Gasteiger partial charge in [-0.2, -0.15) is 0 Å². The molecule has 1 aliphatic heterocycles. The first kappa shape index (κ1) is 21.1. The Kier molecular flexibility index (Phi) is 5.77. The molecule has 0 bridgehead atoms. The zero-order chi connectivity index (χ0) is 22.8. The van der Waals surface area contributed by atoms with Gasteiger partial charge >= 0.3 is 6.03 Å². The van der Waals surface area contributed by atoms with Crippen molar-refractivity contribution >= 4 is 38.4 Å². The number of pyridine rings is 1. The Labute approximate surface area is 194 Å². The molecule has 0 radical (unpaired) electrons. The van der Waals surface area contributed by atoms with E-state index in [9.17, 15) is 14.4 Å². The molecule has 8 heteroatoms. The SMILES string of the molecule is O=C(Nc1sc2c(ccc(=O)n2-c2ccccc2)c1C(=O)c1ccccc1)NC1CCNC1. The molecule has 33 heavy (non-hydrogen) atoms. The third kappa shape index (κ3) is 4.18. The van der Waals surface area contributed by atoms with Crippen LogP contribution in [0.2, 0.25) is 0 Å². The van der Waals surface area contributed by atoms with E-state index in [0.717, 1.165) is 13.0 Å². The highest BCUT2D eigenvalue weighted by molar-refractivity contribution is 7.23. The Morgan fingerprint density at radius 1 is 0.970 bits per heavy atom. The van der Waals surface area contributed by atoms with Crippen molar-refractivity contribution in [3.05, 3.63) is 94.3 Å². The predicted molar refractivity (Wildman–Crippen MR) is 131 cm³/mol. The van der Waals surface area contributed by atoms with Gasteiger partial charge in [-0.05, 0) is 31.2 Å². The summed E-state index contributed by atoms with van der Waals surface area (Å²) in [4.78, 5) is 39.7. The second-order valence-corrected chi connectivity index (χ2v) is 8.85. The number of aromatic nitrogens is 1. The smallest absolute Gasteiger partial charge is 0.320 e. The molecule has 2 aromatic heterocycles. The van der Waals surface area contributed by atoms with Crippen molar-refractivity contribution < 1.29 is 9.59 Å². The molecule has 1 fully saturated rings. The van der Waals surface area contributed by atoms with Crippen LogP contribution in [0.15, 0.2) is 77.6 Å². The third-order valence-electron chi connectivity index (χ3n) is 5.64. The van der Waals surface area contributed by atoms with Crippen molar-refractivity contribution in [3.8, 4) is 5.69 Å². The van der Waals surface area contributed by atoms with Crippen LogP contribution in [-0.2, 0) is 0 Å². The minimum absolute atomic E-state index is 0.0372. The minimum atomic E-state index is -0.369. The van der Waals surface area contributed by atoms with E-state index in [1.807, 2.05) is 36.4 Å². The van der Waals surface area contributed by atoms with Gasteiger partial charge in [0.2, 0.25) is 0 Å². The van der Waals surface area contributed by atoms with E-state index in [1.54, 1.807) is 34.9 Å². The van der Waals surface area contributed by atoms with Crippen LogP contribution >= 0.6 is 11.3 Å². The molecular weight excluding hydrogens is 436 g/mol. The maximum Gasteiger partial charge on any atom is 0.320 e. The predicted octanol–water partition coefficient (Wildman–Crippen LogP) is 3.77. The summed E-state index contributed by atoms with van der Waals surface area (Å²) in [5.74, 6) is -0.210. The summed E-state index contributed by atoms with van der Waals surface area (Å²) >= 11 is 1.22. The lowest BCUT2D eigenvalue weighted by molar-refractivity contribution is 0.104. The number of urea groups is 1. The first-order chi connectivity index (χ1) is 16.1. The molecule has 7 nitrogen and oxygen atoms in total. The summed E-state index contributed by atoms with van der Waals surface area (Å²) in [6.45, 7) is 1.57.